The fraction of sp³-hybridized carbons (Fsp3) is 0.167. The maximum absolute atomic E-state index is 9.68. The largest absolute Gasteiger partial charge is 0.504 e. The van der Waals surface area contributed by atoms with Gasteiger partial charge in [-0.2, -0.15) is 0 Å². The first-order chi connectivity index (χ1) is 11.7. The standard InChI is InChI=1S/C18H17NO5/c1-21-16-8-11(4-5-14(16)20)24-15-6-7-19-13-10-18(23-3)17(22-2)9-12(13)15/h4-10,20H,1-3H3. The summed E-state index contributed by atoms with van der Waals surface area (Å²) in [7, 11) is 4.63. The molecule has 1 heterocycles. The number of nitrogens with zero attached hydrogens (tertiary/aromatic N) is 1. The number of aromatic nitrogens is 1. The molecule has 0 radical (unpaired) electrons. The van der Waals surface area contributed by atoms with Crippen molar-refractivity contribution >= 4 is 10.9 Å². The summed E-state index contributed by atoms with van der Waals surface area (Å²) in [6.07, 6.45) is 1.65. The Balaban J connectivity index is 2.06. The maximum Gasteiger partial charge on any atom is 0.164 e. The van der Waals surface area contributed by atoms with Crippen LogP contribution < -0.4 is 18.9 Å². The predicted molar refractivity (Wildman–Crippen MR) is 89.6 cm³/mol. The van der Waals surface area contributed by atoms with E-state index >= 15 is 0 Å². The van der Waals surface area contributed by atoms with E-state index in [1.807, 2.05) is 6.07 Å². The van der Waals surface area contributed by atoms with E-state index in [4.69, 9.17) is 18.9 Å². The third kappa shape index (κ3) is 2.86. The number of benzene rings is 2. The van der Waals surface area contributed by atoms with Crippen molar-refractivity contribution in [3.8, 4) is 34.5 Å². The third-order valence-corrected chi connectivity index (χ3v) is 3.59. The molecular weight excluding hydrogens is 310 g/mol. The van der Waals surface area contributed by atoms with Crippen LogP contribution in [0.1, 0.15) is 0 Å². The molecule has 0 saturated carbocycles. The Kier molecular flexibility index (Phi) is 4.29. The van der Waals surface area contributed by atoms with E-state index in [1.165, 1.54) is 13.2 Å². The molecule has 0 saturated heterocycles. The number of hydrogen-bond acceptors (Lipinski definition) is 6. The van der Waals surface area contributed by atoms with Crippen LogP contribution in [0.2, 0.25) is 0 Å². The quantitative estimate of drug-likeness (QED) is 0.769. The fourth-order valence-electron chi connectivity index (χ4n) is 2.38. The smallest absolute Gasteiger partial charge is 0.164 e. The zero-order valence-electron chi connectivity index (χ0n) is 13.6. The highest BCUT2D eigenvalue weighted by atomic mass is 16.5. The molecule has 3 aromatic rings. The van der Waals surface area contributed by atoms with Gasteiger partial charge >= 0.3 is 0 Å². The third-order valence-electron chi connectivity index (χ3n) is 3.59. The van der Waals surface area contributed by atoms with E-state index in [9.17, 15) is 5.11 Å². The zero-order valence-corrected chi connectivity index (χ0v) is 13.6. The van der Waals surface area contributed by atoms with Crippen molar-refractivity contribution in [2.45, 2.75) is 0 Å². The summed E-state index contributed by atoms with van der Waals surface area (Å²) < 4.78 is 21.7. The first-order valence-electron chi connectivity index (χ1n) is 7.22. The van der Waals surface area contributed by atoms with Crippen molar-refractivity contribution in [1.82, 2.24) is 4.98 Å². The van der Waals surface area contributed by atoms with E-state index in [1.54, 1.807) is 44.7 Å². The number of fused-ring (bicyclic) bond motifs is 1. The van der Waals surface area contributed by atoms with Gasteiger partial charge in [0.1, 0.15) is 11.5 Å². The average Bonchev–Trinajstić information content (AvgIpc) is 2.62. The van der Waals surface area contributed by atoms with Crippen molar-refractivity contribution in [1.29, 1.82) is 0 Å². The Morgan fingerprint density at radius 3 is 2.21 bits per heavy atom. The molecule has 0 aliphatic heterocycles. The molecule has 124 valence electrons. The molecule has 1 N–H and O–H groups in total. The summed E-state index contributed by atoms with van der Waals surface area (Å²) in [4.78, 5) is 4.34. The van der Waals surface area contributed by atoms with Crippen molar-refractivity contribution in [2.75, 3.05) is 21.3 Å². The van der Waals surface area contributed by atoms with Gasteiger partial charge in [0.05, 0.1) is 26.8 Å². The molecule has 0 bridgehead atoms. The second kappa shape index (κ2) is 6.54. The second-order valence-corrected chi connectivity index (χ2v) is 4.97. The Labute approximate surface area is 139 Å². The average molecular weight is 327 g/mol. The molecule has 0 spiro atoms. The first kappa shape index (κ1) is 15.7. The van der Waals surface area contributed by atoms with Crippen molar-refractivity contribution in [3.63, 3.8) is 0 Å². The van der Waals surface area contributed by atoms with Gasteiger partial charge in [-0.05, 0) is 24.3 Å². The monoisotopic (exact) mass is 327 g/mol. The Bertz CT molecular complexity index is 879. The van der Waals surface area contributed by atoms with Gasteiger partial charge in [-0.1, -0.05) is 0 Å². The zero-order chi connectivity index (χ0) is 17.1. The lowest BCUT2D eigenvalue weighted by Gasteiger charge is -2.13. The van der Waals surface area contributed by atoms with Crippen LogP contribution in [0.4, 0.5) is 0 Å². The van der Waals surface area contributed by atoms with E-state index in [2.05, 4.69) is 4.98 Å². The van der Waals surface area contributed by atoms with Gasteiger partial charge in [-0.25, -0.2) is 0 Å². The minimum Gasteiger partial charge on any atom is -0.504 e. The minimum absolute atomic E-state index is 0.0517. The number of ether oxygens (including phenoxy) is 4. The lowest BCUT2D eigenvalue weighted by molar-refractivity contribution is 0.355. The number of pyridine rings is 1. The molecule has 0 unspecified atom stereocenters. The summed E-state index contributed by atoms with van der Waals surface area (Å²) in [6, 6.07) is 10.1. The number of rotatable bonds is 5. The predicted octanol–water partition coefficient (Wildman–Crippen LogP) is 3.76. The lowest BCUT2D eigenvalue weighted by Crippen LogP contribution is -1.93. The van der Waals surface area contributed by atoms with Gasteiger partial charge in [0.25, 0.3) is 0 Å². The maximum atomic E-state index is 9.68. The van der Waals surface area contributed by atoms with Crippen molar-refractivity contribution in [2.24, 2.45) is 0 Å². The highest BCUT2D eigenvalue weighted by molar-refractivity contribution is 5.88. The number of phenolic OH excluding ortho intramolecular Hbond substituents is 1. The number of aromatic hydroxyl groups is 1. The molecule has 0 atom stereocenters. The summed E-state index contributed by atoms with van der Waals surface area (Å²) in [6.45, 7) is 0. The highest BCUT2D eigenvalue weighted by Crippen LogP contribution is 2.38. The number of hydrogen-bond donors (Lipinski definition) is 1. The van der Waals surface area contributed by atoms with Crippen LogP contribution in [0.5, 0.6) is 34.5 Å². The SMILES string of the molecule is COc1cc(Oc2ccnc3cc(OC)c(OC)cc23)ccc1O. The van der Waals surface area contributed by atoms with Crippen molar-refractivity contribution in [3.05, 3.63) is 42.6 Å². The van der Waals surface area contributed by atoms with Crippen LogP contribution in [-0.4, -0.2) is 31.4 Å². The molecule has 1 aromatic heterocycles. The highest BCUT2D eigenvalue weighted by Gasteiger charge is 2.12. The van der Waals surface area contributed by atoms with Crippen LogP contribution in [0.15, 0.2) is 42.6 Å². The van der Waals surface area contributed by atoms with Crippen LogP contribution in [0.3, 0.4) is 0 Å². The topological polar surface area (TPSA) is 70.0 Å². The fourth-order valence-corrected chi connectivity index (χ4v) is 2.38. The van der Waals surface area contributed by atoms with Gasteiger partial charge in [-0.3, -0.25) is 4.98 Å². The number of methoxy groups -OCH3 is 3. The van der Waals surface area contributed by atoms with Crippen LogP contribution >= 0.6 is 0 Å². The molecule has 0 aliphatic rings. The summed E-state index contributed by atoms with van der Waals surface area (Å²) in [5.41, 5.74) is 0.718. The molecule has 2 aromatic carbocycles. The second-order valence-electron chi connectivity index (χ2n) is 4.97. The van der Waals surface area contributed by atoms with Crippen LogP contribution in [-0.2, 0) is 0 Å². The molecule has 6 heteroatoms. The van der Waals surface area contributed by atoms with Gasteiger partial charge in [0, 0.05) is 23.7 Å². The summed E-state index contributed by atoms with van der Waals surface area (Å²) in [5.74, 6) is 2.72. The molecule has 24 heavy (non-hydrogen) atoms. The molecule has 3 rings (SSSR count). The first-order valence-corrected chi connectivity index (χ1v) is 7.22. The van der Waals surface area contributed by atoms with E-state index < -0.39 is 0 Å². The van der Waals surface area contributed by atoms with Crippen LogP contribution in [0.25, 0.3) is 10.9 Å². The lowest BCUT2D eigenvalue weighted by atomic mass is 10.2. The van der Waals surface area contributed by atoms with Crippen molar-refractivity contribution < 1.29 is 24.1 Å². The Hall–Kier alpha value is -3.15. The normalized spacial score (nSPS) is 10.5. The molecule has 0 amide bonds. The summed E-state index contributed by atoms with van der Waals surface area (Å²) >= 11 is 0. The van der Waals surface area contributed by atoms with Gasteiger partial charge in [-0.15, -0.1) is 0 Å². The minimum atomic E-state index is 0.0517. The Morgan fingerprint density at radius 1 is 0.792 bits per heavy atom. The van der Waals surface area contributed by atoms with Gasteiger partial charge in [0.15, 0.2) is 23.0 Å². The van der Waals surface area contributed by atoms with Gasteiger partial charge < -0.3 is 24.1 Å². The number of phenols is 1. The molecule has 0 aliphatic carbocycles. The van der Waals surface area contributed by atoms with E-state index in [0.717, 1.165) is 10.9 Å². The molecular formula is C18H17NO5. The molecule has 0 fully saturated rings. The molecule has 6 nitrogen and oxygen atoms in total. The van der Waals surface area contributed by atoms with Gasteiger partial charge in [0.2, 0.25) is 0 Å². The Morgan fingerprint density at radius 2 is 1.50 bits per heavy atom. The van der Waals surface area contributed by atoms with E-state index in [-0.39, 0.29) is 5.75 Å². The van der Waals surface area contributed by atoms with Crippen LogP contribution in [0, 0.1) is 0 Å². The summed E-state index contributed by atoms with van der Waals surface area (Å²) in [5, 5.41) is 10.5. The van der Waals surface area contributed by atoms with E-state index in [0.29, 0.717) is 28.7 Å².